The van der Waals surface area contributed by atoms with Gasteiger partial charge in [0.15, 0.2) is 0 Å². The Kier molecular flexibility index (Phi) is 7.66. The Morgan fingerprint density at radius 3 is 2.44 bits per heavy atom. The minimum atomic E-state index is 0.0583. The summed E-state index contributed by atoms with van der Waals surface area (Å²) in [5, 5.41) is 3.67. The summed E-state index contributed by atoms with van der Waals surface area (Å²) in [6.45, 7) is 16.9. The Hall–Kier alpha value is -3.78. The molecule has 2 heteroatoms. The molecule has 2 aliphatic rings. The first-order valence-corrected chi connectivity index (χ1v) is 14.3. The molecular formula is C37H42N2. The molecule has 2 heterocycles. The van der Waals surface area contributed by atoms with Gasteiger partial charge in [-0.15, -0.1) is 0 Å². The van der Waals surface area contributed by atoms with Crippen LogP contribution in [-0.2, 0) is 11.8 Å². The third-order valence-corrected chi connectivity index (χ3v) is 7.96. The summed E-state index contributed by atoms with van der Waals surface area (Å²) in [6.07, 6.45) is 14.5. The Morgan fingerprint density at radius 2 is 1.74 bits per heavy atom. The third-order valence-electron chi connectivity index (χ3n) is 7.96. The van der Waals surface area contributed by atoms with Crippen molar-refractivity contribution in [2.45, 2.75) is 59.3 Å². The summed E-state index contributed by atoms with van der Waals surface area (Å²) in [5.74, 6) is 0.556. The fourth-order valence-corrected chi connectivity index (χ4v) is 5.45. The van der Waals surface area contributed by atoms with Crippen molar-refractivity contribution in [2.75, 3.05) is 6.54 Å². The first kappa shape index (κ1) is 26.8. The number of aromatic nitrogens is 1. The fraction of sp³-hybridized carbons (Fsp3) is 0.297. The number of nitrogens with one attached hydrogen (secondary N) is 1. The second-order valence-electron chi connectivity index (χ2n) is 12.2. The molecule has 0 bridgehead atoms. The van der Waals surface area contributed by atoms with E-state index in [9.17, 15) is 0 Å². The quantitative estimate of drug-likeness (QED) is 0.332. The Balaban J connectivity index is 1.49. The van der Waals surface area contributed by atoms with E-state index in [1.807, 2.05) is 0 Å². The highest BCUT2D eigenvalue weighted by atomic mass is 15.0. The van der Waals surface area contributed by atoms with E-state index in [0.717, 1.165) is 31.5 Å². The largest absolute Gasteiger partial charge is 0.381 e. The average Bonchev–Trinajstić information content (AvgIpc) is 3.41. The molecule has 0 amide bonds. The van der Waals surface area contributed by atoms with Crippen molar-refractivity contribution in [2.24, 2.45) is 5.92 Å². The lowest BCUT2D eigenvalue weighted by molar-refractivity contribution is 0.590. The predicted molar refractivity (Wildman–Crippen MR) is 169 cm³/mol. The van der Waals surface area contributed by atoms with Crippen molar-refractivity contribution >= 4 is 22.5 Å². The van der Waals surface area contributed by atoms with Crippen LogP contribution in [0.3, 0.4) is 0 Å². The summed E-state index contributed by atoms with van der Waals surface area (Å²) in [6, 6.07) is 21.9. The van der Waals surface area contributed by atoms with E-state index >= 15 is 0 Å². The highest BCUT2D eigenvalue weighted by Crippen LogP contribution is 2.36. The zero-order valence-corrected chi connectivity index (χ0v) is 24.2. The molecule has 39 heavy (non-hydrogen) atoms. The number of rotatable bonds is 7. The maximum Gasteiger partial charge on any atom is 0.0488 e. The number of dihydropyridines is 1. The maximum absolute atomic E-state index is 4.64. The predicted octanol–water partition coefficient (Wildman–Crippen LogP) is 9.29. The van der Waals surface area contributed by atoms with Crippen molar-refractivity contribution in [3.63, 3.8) is 0 Å². The van der Waals surface area contributed by atoms with Gasteiger partial charge < -0.3 is 9.88 Å². The van der Waals surface area contributed by atoms with E-state index in [4.69, 9.17) is 0 Å². The molecule has 0 saturated carbocycles. The van der Waals surface area contributed by atoms with Crippen molar-refractivity contribution in [3.05, 3.63) is 131 Å². The molecule has 2 nitrogen and oxygen atoms in total. The van der Waals surface area contributed by atoms with Crippen LogP contribution in [0.15, 0.2) is 103 Å². The van der Waals surface area contributed by atoms with E-state index in [-0.39, 0.29) is 5.41 Å². The number of allylic oxidation sites excluding steroid dienone is 7. The van der Waals surface area contributed by atoms with Crippen LogP contribution >= 0.6 is 0 Å². The number of hydrogen-bond acceptors (Lipinski definition) is 1. The van der Waals surface area contributed by atoms with Crippen molar-refractivity contribution < 1.29 is 0 Å². The molecule has 0 fully saturated rings. The van der Waals surface area contributed by atoms with Gasteiger partial charge in [-0.2, -0.15) is 0 Å². The minimum absolute atomic E-state index is 0.0583. The molecule has 1 N–H and O–H groups in total. The van der Waals surface area contributed by atoms with Gasteiger partial charge in [-0.05, 0) is 75.8 Å². The normalized spacial score (nSPS) is 15.7. The summed E-state index contributed by atoms with van der Waals surface area (Å²) in [4.78, 5) is 0. The molecule has 0 spiro atoms. The van der Waals surface area contributed by atoms with E-state index in [2.05, 4.69) is 142 Å². The van der Waals surface area contributed by atoms with Gasteiger partial charge in [0, 0.05) is 41.8 Å². The van der Waals surface area contributed by atoms with Gasteiger partial charge >= 0.3 is 0 Å². The monoisotopic (exact) mass is 514 g/mol. The first-order valence-electron chi connectivity index (χ1n) is 14.3. The van der Waals surface area contributed by atoms with E-state index in [1.165, 1.54) is 50.4 Å². The summed E-state index contributed by atoms with van der Waals surface area (Å²) < 4.78 is 2.36. The van der Waals surface area contributed by atoms with Crippen molar-refractivity contribution in [1.29, 1.82) is 0 Å². The van der Waals surface area contributed by atoms with Gasteiger partial charge in [-0.1, -0.05) is 108 Å². The molecule has 0 saturated heterocycles. The van der Waals surface area contributed by atoms with E-state index in [1.54, 1.807) is 0 Å². The number of benzene rings is 2. The third kappa shape index (κ3) is 5.96. The summed E-state index contributed by atoms with van der Waals surface area (Å²) in [7, 11) is 0. The smallest absolute Gasteiger partial charge is 0.0488 e. The number of nitrogens with zero attached hydrogens (tertiary/aromatic N) is 1. The Bertz CT molecular complexity index is 1480. The zero-order valence-electron chi connectivity index (χ0n) is 24.2. The lowest BCUT2D eigenvalue weighted by Crippen LogP contribution is -2.21. The molecule has 200 valence electrons. The molecule has 1 aliphatic heterocycles. The average molecular weight is 515 g/mol. The van der Waals surface area contributed by atoms with Crippen LogP contribution in [0.25, 0.3) is 22.5 Å². The fourth-order valence-electron chi connectivity index (χ4n) is 5.45. The number of hydrogen-bond donors (Lipinski definition) is 1. The summed E-state index contributed by atoms with van der Waals surface area (Å²) in [5.41, 5.74) is 12.9. The first-order chi connectivity index (χ1) is 18.7. The maximum atomic E-state index is 4.64. The van der Waals surface area contributed by atoms with Gasteiger partial charge in [0.25, 0.3) is 0 Å². The Morgan fingerprint density at radius 1 is 1.00 bits per heavy atom. The zero-order chi connectivity index (χ0) is 27.6. The second-order valence-corrected chi connectivity index (χ2v) is 12.2. The van der Waals surface area contributed by atoms with Crippen LogP contribution in [0.1, 0.15) is 75.4 Å². The molecule has 0 unspecified atom stereocenters. The summed E-state index contributed by atoms with van der Waals surface area (Å²) >= 11 is 0. The van der Waals surface area contributed by atoms with Crippen LogP contribution < -0.4 is 5.32 Å². The van der Waals surface area contributed by atoms with Crippen molar-refractivity contribution in [1.82, 2.24) is 9.88 Å². The lowest BCUT2D eigenvalue weighted by Gasteiger charge is -2.22. The van der Waals surface area contributed by atoms with Crippen molar-refractivity contribution in [3.8, 4) is 0 Å². The highest BCUT2D eigenvalue weighted by Gasteiger charge is 2.22. The highest BCUT2D eigenvalue weighted by molar-refractivity contribution is 5.86. The molecule has 5 rings (SSSR count). The SMILES string of the molecule is C=C(Cc1ccccc1C1=CC=C(C(C)C)CN1)n1cc(C(C)(C)C)cc1C1=CC(c2ccccc2)=CCC1. The molecular weight excluding hydrogens is 472 g/mol. The molecule has 1 aliphatic carbocycles. The van der Waals surface area contributed by atoms with Crippen LogP contribution in [0, 0.1) is 5.92 Å². The molecule has 2 aromatic carbocycles. The second kappa shape index (κ2) is 11.1. The van der Waals surface area contributed by atoms with Gasteiger partial charge in [-0.3, -0.25) is 0 Å². The van der Waals surface area contributed by atoms with Crippen LogP contribution in [0.5, 0.6) is 0 Å². The topological polar surface area (TPSA) is 17.0 Å². The van der Waals surface area contributed by atoms with Gasteiger partial charge in [0.05, 0.1) is 0 Å². The van der Waals surface area contributed by atoms with Crippen LogP contribution in [0.2, 0.25) is 0 Å². The Labute approximate surface area is 235 Å². The molecule has 0 atom stereocenters. The minimum Gasteiger partial charge on any atom is -0.381 e. The molecule has 0 radical (unpaired) electrons. The molecule has 3 aromatic rings. The van der Waals surface area contributed by atoms with E-state index in [0.29, 0.717) is 5.92 Å². The van der Waals surface area contributed by atoms with Gasteiger partial charge in [0.2, 0.25) is 0 Å². The van der Waals surface area contributed by atoms with Gasteiger partial charge in [-0.25, -0.2) is 0 Å². The van der Waals surface area contributed by atoms with E-state index < -0.39 is 0 Å². The van der Waals surface area contributed by atoms with Crippen LogP contribution in [-0.4, -0.2) is 11.1 Å². The van der Waals surface area contributed by atoms with Crippen LogP contribution in [0.4, 0.5) is 0 Å². The standard InChI is InChI=1S/C37H42N2/c1-26(2)32-19-20-35(38-24-32)34-18-11-10-15-30(34)21-27(3)39-25-33(37(4,5)6)23-36(39)31-17-12-16-29(22-31)28-13-8-7-9-14-28/h7-11,13-16,18-20,22-23,25-26,38H,3,12,17,21,24H2,1-2,4-6H3. The van der Waals surface area contributed by atoms with Gasteiger partial charge in [0.1, 0.15) is 0 Å². The lowest BCUT2D eigenvalue weighted by atomic mass is 9.88. The molecule has 1 aromatic heterocycles.